The Kier molecular flexibility index (Phi) is 4.52. The Morgan fingerprint density at radius 1 is 1.09 bits per heavy atom. The Bertz CT molecular complexity index is 633. The summed E-state index contributed by atoms with van der Waals surface area (Å²) in [6, 6.07) is 12.1. The minimum atomic E-state index is 0.117. The second-order valence-corrected chi connectivity index (χ2v) is 6.00. The smallest absolute Gasteiger partial charge is 0.254 e. The third-order valence-electron chi connectivity index (χ3n) is 4.57. The van der Waals surface area contributed by atoms with Crippen LogP contribution >= 0.6 is 0 Å². The molecule has 3 rings (SSSR count). The summed E-state index contributed by atoms with van der Waals surface area (Å²) in [6.45, 7) is 0. The van der Waals surface area contributed by atoms with Crippen LogP contribution in [-0.4, -0.2) is 28.9 Å². The fourth-order valence-corrected chi connectivity index (χ4v) is 3.27. The van der Waals surface area contributed by atoms with E-state index in [1.54, 1.807) is 6.20 Å². The summed E-state index contributed by atoms with van der Waals surface area (Å²) >= 11 is 0. The zero-order chi connectivity index (χ0) is 15.4. The summed E-state index contributed by atoms with van der Waals surface area (Å²) in [7, 11) is 1.94. The van der Waals surface area contributed by atoms with Crippen molar-refractivity contribution in [2.75, 3.05) is 7.05 Å². The summed E-state index contributed by atoms with van der Waals surface area (Å²) in [5.74, 6) is 0.117. The summed E-state index contributed by atoms with van der Waals surface area (Å²) in [4.78, 5) is 19.1. The van der Waals surface area contributed by atoms with E-state index >= 15 is 0 Å². The van der Waals surface area contributed by atoms with Crippen molar-refractivity contribution in [1.82, 2.24) is 9.88 Å². The van der Waals surface area contributed by atoms with E-state index in [0.717, 1.165) is 29.5 Å². The van der Waals surface area contributed by atoms with Gasteiger partial charge in [0.1, 0.15) is 0 Å². The summed E-state index contributed by atoms with van der Waals surface area (Å²) < 4.78 is 0. The molecule has 114 valence electrons. The van der Waals surface area contributed by atoms with Crippen LogP contribution in [0.4, 0.5) is 0 Å². The van der Waals surface area contributed by atoms with Crippen LogP contribution in [0.3, 0.4) is 0 Å². The molecule has 22 heavy (non-hydrogen) atoms. The van der Waals surface area contributed by atoms with Crippen molar-refractivity contribution < 1.29 is 4.79 Å². The van der Waals surface area contributed by atoms with E-state index in [-0.39, 0.29) is 5.91 Å². The molecule has 3 nitrogen and oxygen atoms in total. The van der Waals surface area contributed by atoms with Gasteiger partial charge in [-0.2, -0.15) is 0 Å². The Morgan fingerprint density at radius 2 is 1.86 bits per heavy atom. The third kappa shape index (κ3) is 3.03. The van der Waals surface area contributed by atoms with Crippen LogP contribution < -0.4 is 0 Å². The highest BCUT2D eigenvalue weighted by Gasteiger charge is 2.24. The van der Waals surface area contributed by atoms with E-state index in [1.807, 2.05) is 54.5 Å². The van der Waals surface area contributed by atoms with Crippen LogP contribution in [-0.2, 0) is 0 Å². The zero-order valence-electron chi connectivity index (χ0n) is 13.0. The fraction of sp³-hybridized carbons (Fsp3) is 0.368. The highest BCUT2D eigenvalue weighted by atomic mass is 16.2. The first-order chi connectivity index (χ1) is 10.8. The predicted octanol–water partition coefficient (Wildman–Crippen LogP) is 4.15. The highest BCUT2D eigenvalue weighted by Crippen LogP contribution is 2.27. The van der Waals surface area contributed by atoms with Crippen molar-refractivity contribution in [3.63, 3.8) is 0 Å². The Hall–Kier alpha value is -2.16. The number of hydrogen-bond acceptors (Lipinski definition) is 2. The van der Waals surface area contributed by atoms with Gasteiger partial charge in [0.05, 0.1) is 0 Å². The molecular weight excluding hydrogens is 272 g/mol. The summed E-state index contributed by atoms with van der Waals surface area (Å²) in [5, 5.41) is 0. The van der Waals surface area contributed by atoms with Gasteiger partial charge in [0.2, 0.25) is 0 Å². The van der Waals surface area contributed by atoms with Crippen molar-refractivity contribution >= 4 is 5.91 Å². The Labute approximate surface area is 132 Å². The maximum Gasteiger partial charge on any atom is 0.254 e. The molecule has 0 N–H and O–H groups in total. The third-order valence-corrected chi connectivity index (χ3v) is 4.57. The number of pyridine rings is 1. The van der Waals surface area contributed by atoms with E-state index in [0.29, 0.717) is 6.04 Å². The minimum Gasteiger partial charge on any atom is -0.339 e. The molecule has 1 aliphatic rings. The molecule has 1 heterocycles. The van der Waals surface area contributed by atoms with Crippen molar-refractivity contribution in [2.45, 2.75) is 38.1 Å². The molecule has 0 aliphatic heterocycles. The average molecular weight is 294 g/mol. The van der Waals surface area contributed by atoms with E-state index in [9.17, 15) is 4.79 Å². The van der Waals surface area contributed by atoms with Crippen molar-refractivity contribution in [1.29, 1.82) is 0 Å². The molecule has 1 aromatic carbocycles. The van der Waals surface area contributed by atoms with Gasteiger partial charge >= 0.3 is 0 Å². The highest BCUT2D eigenvalue weighted by molar-refractivity contribution is 6.00. The van der Waals surface area contributed by atoms with Gasteiger partial charge in [-0.3, -0.25) is 9.78 Å². The molecule has 0 unspecified atom stereocenters. The molecule has 1 aromatic heterocycles. The number of carbonyl (C=O) groups excluding carboxylic acids is 1. The lowest BCUT2D eigenvalue weighted by Crippen LogP contribution is -2.38. The number of benzene rings is 1. The molecule has 3 heteroatoms. The van der Waals surface area contributed by atoms with Crippen LogP contribution in [0.2, 0.25) is 0 Å². The van der Waals surface area contributed by atoms with Gasteiger partial charge in [-0.15, -0.1) is 0 Å². The van der Waals surface area contributed by atoms with Gasteiger partial charge < -0.3 is 4.90 Å². The Morgan fingerprint density at radius 3 is 2.59 bits per heavy atom. The quantitative estimate of drug-likeness (QED) is 0.852. The van der Waals surface area contributed by atoms with Crippen LogP contribution in [0.1, 0.15) is 42.5 Å². The molecule has 1 saturated carbocycles. The lowest BCUT2D eigenvalue weighted by Gasteiger charge is -2.31. The van der Waals surface area contributed by atoms with Gasteiger partial charge in [-0.25, -0.2) is 0 Å². The number of carbonyl (C=O) groups is 1. The summed E-state index contributed by atoms with van der Waals surface area (Å²) in [5.41, 5.74) is 2.72. The van der Waals surface area contributed by atoms with E-state index < -0.39 is 0 Å². The van der Waals surface area contributed by atoms with Gasteiger partial charge in [0.25, 0.3) is 5.91 Å². The number of nitrogens with zero attached hydrogens (tertiary/aromatic N) is 2. The van der Waals surface area contributed by atoms with E-state index in [2.05, 4.69) is 4.98 Å². The van der Waals surface area contributed by atoms with Gasteiger partial charge in [0.15, 0.2) is 0 Å². The first-order valence-electron chi connectivity index (χ1n) is 8.04. The van der Waals surface area contributed by atoms with Crippen LogP contribution in [0.15, 0.2) is 48.8 Å². The SMILES string of the molecule is CN(C(=O)c1ccccc1-c1cccnc1)C1CCCCC1. The number of aromatic nitrogens is 1. The largest absolute Gasteiger partial charge is 0.339 e. The first kappa shape index (κ1) is 14.8. The molecular formula is C19H22N2O. The number of amides is 1. The average Bonchev–Trinajstić information content (AvgIpc) is 2.62. The number of rotatable bonds is 3. The monoisotopic (exact) mass is 294 g/mol. The first-order valence-corrected chi connectivity index (χ1v) is 8.04. The molecule has 2 aromatic rings. The van der Waals surface area contributed by atoms with Gasteiger partial charge in [-0.1, -0.05) is 43.5 Å². The second kappa shape index (κ2) is 6.73. The molecule has 0 spiro atoms. The Balaban J connectivity index is 1.89. The molecule has 1 aliphatic carbocycles. The standard InChI is InChI=1S/C19H22N2O/c1-21(16-9-3-2-4-10-16)19(22)18-12-6-5-11-17(18)15-8-7-13-20-14-15/h5-8,11-14,16H,2-4,9-10H2,1H3. The normalized spacial score (nSPS) is 15.5. The van der Waals surface area contributed by atoms with E-state index in [1.165, 1.54) is 19.3 Å². The van der Waals surface area contributed by atoms with Crippen LogP contribution in [0, 0.1) is 0 Å². The van der Waals surface area contributed by atoms with Crippen molar-refractivity contribution in [2.24, 2.45) is 0 Å². The maximum absolute atomic E-state index is 12.9. The second-order valence-electron chi connectivity index (χ2n) is 6.00. The zero-order valence-corrected chi connectivity index (χ0v) is 13.0. The lowest BCUT2D eigenvalue weighted by atomic mass is 9.93. The molecule has 1 fully saturated rings. The molecule has 0 atom stereocenters. The molecule has 1 amide bonds. The van der Waals surface area contributed by atoms with Crippen molar-refractivity contribution in [3.8, 4) is 11.1 Å². The lowest BCUT2D eigenvalue weighted by molar-refractivity contribution is 0.0697. The maximum atomic E-state index is 12.9. The summed E-state index contributed by atoms with van der Waals surface area (Å²) in [6.07, 6.45) is 9.56. The topological polar surface area (TPSA) is 33.2 Å². The van der Waals surface area contributed by atoms with Crippen molar-refractivity contribution in [3.05, 3.63) is 54.4 Å². The van der Waals surface area contributed by atoms with E-state index in [4.69, 9.17) is 0 Å². The molecule has 0 radical (unpaired) electrons. The fourth-order valence-electron chi connectivity index (χ4n) is 3.27. The van der Waals surface area contributed by atoms with Crippen LogP contribution in [0.25, 0.3) is 11.1 Å². The predicted molar refractivity (Wildman–Crippen MR) is 88.6 cm³/mol. The van der Waals surface area contributed by atoms with Crippen LogP contribution in [0.5, 0.6) is 0 Å². The molecule has 0 saturated heterocycles. The number of hydrogen-bond donors (Lipinski definition) is 0. The van der Waals surface area contributed by atoms with Gasteiger partial charge in [-0.05, 0) is 30.5 Å². The molecule has 0 bridgehead atoms. The van der Waals surface area contributed by atoms with Gasteiger partial charge in [0, 0.05) is 36.6 Å². The minimum absolute atomic E-state index is 0.117.